The predicted molar refractivity (Wildman–Crippen MR) is 83.5 cm³/mol. The van der Waals surface area contributed by atoms with Gasteiger partial charge < -0.3 is 4.74 Å². The Hall–Kier alpha value is -2.74. The SMILES string of the molecule is CS(=O)(=O)c1cccc(COc2ccc(-c3ncn[nH]3)nc2)c1. The number of aromatic amines is 1. The minimum atomic E-state index is -3.22. The van der Waals surface area contributed by atoms with Crippen molar-refractivity contribution in [2.45, 2.75) is 11.5 Å². The molecule has 1 N–H and O–H groups in total. The fourth-order valence-corrected chi connectivity index (χ4v) is 2.66. The Kier molecular flexibility index (Phi) is 4.07. The van der Waals surface area contributed by atoms with Crippen LogP contribution in [0.4, 0.5) is 0 Å². The summed E-state index contributed by atoms with van der Waals surface area (Å²) in [5.41, 5.74) is 1.43. The highest BCUT2D eigenvalue weighted by molar-refractivity contribution is 7.90. The molecule has 23 heavy (non-hydrogen) atoms. The van der Waals surface area contributed by atoms with E-state index in [0.717, 1.165) is 5.56 Å². The molecule has 7 nitrogen and oxygen atoms in total. The summed E-state index contributed by atoms with van der Waals surface area (Å²) < 4.78 is 28.7. The lowest BCUT2D eigenvalue weighted by atomic mass is 10.2. The van der Waals surface area contributed by atoms with Crippen molar-refractivity contribution in [1.29, 1.82) is 0 Å². The third kappa shape index (κ3) is 3.72. The van der Waals surface area contributed by atoms with E-state index in [1.165, 1.54) is 12.6 Å². The van der Waals surface area contributed by atoms with Gasteiger partial charge in [-0.2, -0.15) is 5.10 Å². The molecule has 1 aromatic carbocycles. The summed E-state index contributed by atoms with van der Waals surface area (Å²) in [5.74, 6) is 1.16. The lowest BCUT2D eigenvalue weighted by Gasteiger charge is -2.07. The average molecular weight is 330 g/mol. The Balaban J connectivity index is 1.69. The highest BCUT2D eigenvalue weighted by atomic mass is 32.2. The highest BCUT2D eigenvalue weighted by Crippen LogP contribution is 2.17. The van der Waals surface area contributed by atoms with E-state index >= 15 is 0 Å². The number of H-pyrrole nitrogens is 1. The summed E-state index contributed by atoms with van der Waals surface area (Å²) in [7, 11) is -3.22. The van der Waals surface area contributed by atoms with Gasteiger partial charge in [0.05, 0.1) is 11.1 Å². The van der Waals surface area contributed by atoms with Gasteiger partial charge in [0.15, 0.2) is 15.7 Å². The van der Waals surface area contributed by atoms with Gasteiger partial charge in [-0.05, 0) is 29.8 Å². The Morgan fingerprint density at radius 3 is 2.70 bits per heavy atom. The van der Waals surface area contributed by atoms with Crippen LogP contribution in [0.3, 0.4) is 0 Å². The van der Waals surface area contributed by atoms with E-state index in [1.54, 1.807) is 36.5 Å². The van der Waals surface area contributed by atoms with Crippen LogP contribution in [0.1, 0.15) is 5.56 Å². The summed E-state index contributed by atoms with van der Waals surface area (Å²) in [6.07, 6.45) is 4.17. The molecular formula is C15H14N4O3S. The number of pyridine rings is 1. The number of aromatic nitrogens is 4. The van der Waals surface area contributed by atoms with Crippen molar-refractivity contribution in [3.05, 3.63) is 54.5 Å². The van der Waals surface area contributed by atoms with Gasteiger partial charge in [0.25, 0.3) is 0 Å². The van der Waals surface area contributed by atoms with E-state index < -0.39 is 9.84 Å². The summed E-state index contributed by atoms with van der Waals surface area (Å²) in [6.45, 7) is 0.257. The maximum absolute atomic E-state index is 11.5. The number of nitrogens with one attached hydrogen (secondary N) is 1. The van der Waals surface area contributed by atoms with Crippen molar-refractivity contribution >= 4 is 9.84 Å². The van der Waals surface area contributed by atoms with Crippen LogP contribution in [-0.2, 0) is 16.4 Å². The summed E-state index contributed by atoms with van der Waals surface area (Å²) in [5, 5.41) is 6.50. The van der Waals surface area contributed by atoms with Crippen LogP contribution in [0.25, 0.3) is 11.5 Å². The lowest BCUT2D eigenvalue weighted by molar-refractivity contribution is 0.305. The minimum absolute atomic E-state index is 0.257. The molecule has 0 aliphatic heterocycles. The van der Waals surface area contributed by atoms with Crippen LogP contribution in [0.2, 0.25) is 0 Å². The Bertz CT molecular complexity index is 891. The third-order valence-electron chi connectivity index (χ3n) is 3.13. The molecule has 0 aliphatic carbocycles. The normalized spacial score (nSPS) is 11.3. The molecule has 0 bridgehead atoms. The summed E-state index contributed by atoms with van der Waals surface area (Å²) in [4.78, 5) is 8.53. The molecule has 0 amide bonds. The van der Waals surface area contributed by atoms with Gasteiger partial charge in [-0.1, -0.05) is 12.1 Å². The van der Waals surface area contributed by atoms with Gasteiger partial charge in [-0.15, -0.1) is 0 Å². The zero-order valence-corrected chi connectivity index (χ0v) is 13.1. The molecular weight excluding hydrogens is 316 g/mol. The highest BCUT2D eigenvalue weighted by Gasteiger charge is 2.08. The van der Waals surface area contributed by atoms with Gasteiger partial charge in [-0.3, -0.25) is 5.10 Å². The second kappa shape index (κ2) is 6.17. The zero-order valence-electron chi connectivity index (χ0n) is 12.3. The minimum Gasteiger partial charge on any atom is -0.487 e. The Morgan fingerprint density at radius 1 is 1.17 bits per heavy atom. The molecule has 118 valence electrons. The molecule has 0 atom stereocenters. The first kappa shape index (κ1) is 15.2. The van der Waals surface area contributed by atoms with Gasteiger partial charge in [-0.25, -0.2) is 18.4 Å². The van der Waals surface area contributed by atoms with E-state index in [9.17, 15) is 8.42 Å². The fraction of sp³-hybridized carbons (Fsp3) is 0.133. The first-order chi connectivity index (χ1) is 11.0. The molecule has 0 fully saturated rings. The smallest absolute Gasteiger partial charge is 0.175 e. The molecule has 0 saturated heterocycles. The van der Waals surface area contributed by atoms with Crippen LogP contribution in [0.15, 0.2) is 53.8 Å². The second-order valence-electron chi connectivity index (χ2n) is 4.92. The van der Waals surface area contributed by atoms with Crippen LogP contribution in [0, 0.1) is 0 Å². The Labute approximate surface area is 133 Å². The molecule has 3 aromatic rings. The number of nitrogens with zero attached hydrogens (tertiary/aromatic N) is 3. The fourth-order valence-electron chi connectivity index (χ4n) is 1.97. The van der Waals surface area contributed by atoms with Crippen molar-refractivity contribution < 1.29 is 13.2 Å². The number of rotatable bonds is 5. The largest absolute Gasteiger partial charge is 0.487 e. The average Bonchev–Trinajstić information content (AvgIpc) is 3.07. The molecule has 2 heterocycles. The van der Waals surface area contributed by atoms with Crippen molar-refractivity contribution in [2.24, 2.45) is 0 Å². The number of hydrogen-bond donors (Lipinski definition) is 1. The first-order valence-electron chi connectivity index (χ1n) is 6.76. The van der Waals surface area contributed by atoms with E-state index in [4.69, 9.17) is 4.74 Å². The maximum Gasteiger partial charge on any atom is 0.175 e. The van der Waals surface area contributed by atoms with Crippen molar-refractivity contribution in [2.75, 3.05) is 6.26 Å². The maximum atomic E-state index is 11.5. The molecule has 0 saturated carbocycles. The number of benzene rings is 1. The monoisotopic (exact) mass is 330 g/mol. The molecule has 2 aromatic heterocycles. The van der Waals surface area contributed by atoms with E-state index in [2.05, 4.69) is 20.2 Å². The zero-order chi connectivity index (χ0) is 16.3. The van der Waals surface area contributed by atoms with E-state index in [0.29, 0.717) is 17.3 Å². The van der Waals surface area contributed by atoms with Crippen LogP contribution < -0.4 is 4.74 Å². The predicted octanol–water partition coefficient (Wildman–Crippen LogP) is 1.85. The van der Waals surface area contributed by atoms with Gasteiger partial charge in [0.2, 0.25) is 0 Å². The topological polar surface area (TPSA) is 97.8 Å². The van der Waals surface area contributed by atoms with Gasteiger partial charge in [0.1, 0.15) is 24.4 Å². The van der Waals surface area contributed by atoms with E-state index in [1.807, 2.05) is 6.07 Å². The van der Waals surface area contributed by atoms with Crippen molar-refractivity contribution in [3.8, 4) is 17.3 Å². The van der Waals surface area contributed by atoms with Gasteiger partial charge >= 0.3 is 0 Å². The van der Waals surface area contributed by atoms with Gasteiger partial charge in [0, 0.05) is 6.26 Å². The number of ether oxygens (including phenoxy) is 1. The second-order valence-corrected chi connectivity index (χ2v) is 6.94. The standard InChI is InChI=1S/C15H14N4O3S/c1-23(20,21)13-4-2-3-11(7-13)9-22-12-5-6-14(16-8-12)15-17-10-18-19-15/h2-8,10H,9H2,1H3,(H,17,18,19). The molecule has 0 radical (unpaired) electrons. The lowest BCUT2D eigenvalue weighted by Crippen LogP contribution is -2.00. The Morgan fingerprint density at radius 2 is 2.04 bits per heavy atom. The first-order valence-corrected chi connectivity index (χ1v) is 8.65. The third-order valence-corrected chi connectivity index (χ3v) is 4.24. The quantitative estimate of drug-likeness (QED) is 0.766. The molecule has 0 unspecified atom stereocenters. The number of hydrogen-bond acceptors (Lipinski definition) is 6. The van der Waals surface area contributed by atoms with Crippen LogP contribution >= 0.6 is 0 Å². The summed E-state index contributed by atoms with van der Waals surface area (Å²) >= 11 is 0. The van der Waals surface area contributed by atoms with Crippen LogP contribution in [0.5, 0.6) is 5.75 Å². The molecule has 0 aliphatic rings. The molecule has 0 spiro atoms. The van der Waals surface area contributed by atoms with Crippen LogP contribution in [-0.4, -0.2) is 34.8 Å². The van der Waals surface area contributed by atoms with Crippen molar-refractivity contribution in [3.63, 3.8) is 0 Å². The molecule has 8 heteroatoms. The van der Waals surface area contributed by atoms with E-state index in [-0.39, 0.29) is 11.5 Å². The number of sulfone groups is 1. The summed E-state index contributed by atoms with van der Waals surface area (Å²) in [6, 6.07) is 10.2. The molecule has 3 rings (SSSR count). The van der Waals surface area contributed by atoms with Crippen molar-refractivity contribution in [1.82, 2.24) is 20.2 Å².